The highest BCUT2D eigenvalue weighted by atomic mass is 79.9. The van der Waals surface area contributed by atoms with Gasteiger partial charge >= 0.3 is 5.97 Å². The molecule has 0 spiro atoms. The molecular weight excluding hydrogens is 336 g/mol. The van der Waals surface area contributed by atoms with Gasteiger partial charge in [-0.1, -0.05) is 39.3 Å². The zero-order valence-electron chi connectivity index (χ0n) is 9.06. The Hall–Kier alpha value is -0.970. The molecule has 18 heavy (non-hydrogen) atoms. The van der Waals surface area contributed by atoms with E-state index in [4.69, 9.17) is 16.7 Å². The highest BCUT2D eigenvalue weighted by Crippen LogP contribution is 2.32. The van der Waals surface area contributed by atoms with Crippen LogP contribution in [0.15, 0.2) is 56.7 Å². The number of halogens is 2. The Morgan fingerprint density at radius 2 is 1.83 bits per heavy atom. The molecule has 0 aliphatic heterocycles. The molecule has 2 rings (SSSR count). The van der Waals surface area contributed by atoms with Gasteiger partial charge in [0.1, 0.15) is 0 Å². The van der Waals surface area contributed by atoms with Gasteiger partial charge in [0.25, 0.3) is 0 Å². The monoisotopic (exact) mass is 342 g/mol. The van der Waals surface area contributed by atoms with Crippen LogP contribution in [0.2, 0.25) is 5.02 Å². The molecule has 2 nitrogen and oxygen atoms in total. The SMILES string of the molecule is O=C(O)c1cc(Br)ccc1Sc1ccc(Cl)cc1. The first kappa shape index (κ1) is 13.5. The third-order valence-corrected chi connectivity index (χ3v) is 4.04. The Kier molecular flexibility index (Phi) is 4.32. The molecule has 0 atom stereocenters. The summed E-state index contributed by atoms with van der Waals surface area (Å²) in [5.41, 5.74) is 0.282. The van der Waals surface area contributed by atoms with Crippen LogP contribution in [0, 0.1) is 0 Å². The molecule has 0 fully saturated rings. The van der Waals surface area contributed by atoms with Crippen LogP contribution in [0.5, 0.6) is 0 Å². The molecule has 2 aromatic carbocycles. The lowest BCUT2D eigenvalue weighted by Gasteiger charge is -2.06. The molecule has 0 unspecified atom stereocenters. The fraction of sp³-hybridized carbons (Fsp3) is 0. The van der Waals surface area contributed by atoms with E-state index in [1.165, 1.54) is 11.8 Å². The van der Waals surface area contributed by atoms with E-state index < -0.39 is 5.97 Å². The first-order chi connectivity index (χ1) is 8.56. The largest absolute Gasteiger partial charge is 0.478 e. The summed E-state index contributed by atoms with van der Waals surface area (Å²) in [6.07, 6.45) is 0. The third-order valence-electron chi connectivity index (χ3n) is 2.21. The van der Waals surface area contributed by atoms with Gasteiger partial charge in [-0.05, 0) is 42.5 Å². The van der Waals surface area contributed by atoms with Crippen molar-refractivity contribution in [1.29, 1.82) is 0 Å². The number of rotatable bonds is 3. The van der Waals surface area contributed by atoms with Crippen LogP contribution in [0.4, 0.5) is 0 Å². The van der Waals surface area contributed by atoms with Crippen molar-refractivity contribution in [2.75, 3.05) is 0 Å². The van der Waals surface area contributed by atoms with E-state index >= 15 is 0 Å². The zero-order valence-corrected chi connectivity index (χ0v) is 12.2. The van der Waals surface area contributed by atoms with Crippen molar-refractivity contribution in [3.05, 3.63) is 57.5 Å². The maximum Gasteiger partial charge on any atom is 0.336 e. The van der Waals surface area contributed by atoms with E-state index in [0.29, 0.717) is 9.92 Å². The Bertz CT molecular complexity index is 584. The maximum atomic E-state index is 11.2. The molecule has 0 aliphatic rings. The molecule has 0 radical (unpaired) electrons. The van der Waals surface area contributed by atoms with Crippen molar-refractivity contribution in [3.8, 4) is 0 Å². The number of carboxylic acids is 1. The number of hydrogen-bond donors (Lipinski definition) is 1. The van der Waals surface area contributed by atoms with Crippen molar-refractivity contribution >= 4 is 45.3 Å². The molecule has 0 aliphatic carbocycles. The molecule has 0 heterocycles. The number of carbonyl (C=O) groups is 1. The van der Waals surface area contributed by atoms with Crippen molar-refractivity contribution < 1.29 is 9.90 Å². The van der Waals surface area contributed by atoms with Crippen LogP contribution in [0.25, 0.3) is 0 Å². The Balaban J connectivity index is 2.34. The molecule has 0 bridgehead atoms. The summed E-state index contributed by atoms with van der Waals surface area (Å²) in [5.74, 6) is -0.937. The number of benzene rings is 2. The summed E-state index contributed by atoms with van der Waals surface area (Å²) in [6, 6.07) is 12.5. The Morgan fingerprint density at radius 1 is 1.17 bits per heavy atom. The number of carboxylic acid groups (broad SMARTS) is 1. The van der Waals surface area contributed by atoms with E-state index in [1.807, 2.05) is 18.2 Å². The summed E-state index contributed by atoms with van der Waals surface area (Å²) < 4.78 is 0.750. The second kappa shape index (κ2) is 5.78. The summed E-state index contributed by atoms with van der Waals surface area (Å²) in [5, 5.41) is 9.82. The first-order valence-electron chi connectivity index (χ1n) is 5.02. The van der Waals surface area contributed by atoms with Gasteiger partial charge in [-0.25, -0.2) is 4.79 Å². The predicted molar refractivity (Wildman–Crippen MR) is 76.7 cm³/mol. The highest BCUT2D eigenvalue weighted by molar-refractivity contribution is 9.10. The smallest absolute Gasteiger partial charge is 0.336 e. The Labute approximate surface area is 122 Å². The Morgan fingerprint density at radius 3 is 2.44 bits per heavy atom. The van der Waals surface area contributed by atoms with Crippen LogP contribution in [0.3, 0.4) is 0 Å². The summed E-state index contributed by atoms with van der Waals surface area (Å²) in [4.78, 5) is 12.8. The van der Waals surface area contributed by atoms with Crippen LogP contribution in [-0.2, 0) is 0 Å². The van der Waals surface area contributed by atoms with Gasteiger partial charge in [-0.3, -0.25) is 0 Å². The number of hydrogen-bond acceptors (Lipinski definition) is 2. The van der Waals surface area contributed by atoms with E-state index in [-0.39, 0.29) is 5.56 Å². The summed E-state index contributed by atoms with van der Waals surface area (Å²) in [7, 11) is 0. The predicted octanol–water partition coefficient (Wildman–Crippen LogP) is 4.95. The quantitative estimate of drug-likeness (QED) is 0.856. The molecule has 1 N–H and O–H groups in total. The molecule has 5 heteroatoms. The van der Waals surface area contributed by atoms with Crippen LogP contribution >= 0.6 is 39.3 Å². The van der Waals surface area contributed by atoms with Gasteiger partial charge in [0, 0.05) is 19.3 Å². The second-order valence-corrected chi connectivity index (χ2v) is 5.97. The summed E-state index contributed by atoms with van der Waals surface area (Å²) >= 11 is 10.5. The van der Waals surface area contributed by atoms with E-state index in [2.05, 4.69) is 15.9 Å². The lowest BCUT2D eigenvalue weighted by atomic mass is 10.2. The molecule has 0 saturated heterocycles. The molecule has 2 aromatic rings. The van der Waals surface area contributed by atoms with Gasteiger partial charge in [0.05, 0.1) is 5.56 Å². The lowest BCUT2D eigenvalue weighted by Crippen LogP contribution is -1.98. The average molecular weight is 344 g/mol. The van der Waals surface area contributed by atoms with Gasteiger partial charge < -0.3 is 5.11 Å². The minimum Gasteiger partial charge on any atom is -0.478 e. The number of aromatic carboxylic acids is 1. The molecular formula is C13H8BrClO2S. The molecule has 92 valence electrons. The van der Waals surface area contributed by atoms with E-state index in [9.17, 15) is 4.79 Å². The lowest BCUT2D eigenvalue weighted by molar-refractivity contribution is 0.0693. The molecule has 0 amide bonds. The van der Waals surface area contributed by atoms with Crippen LogP contribution in [0.1, 0.15) is 10.4 Å². The minimum absolute atomic E-state index is 0.282. The van der Waals surface area contributed by atoms with E-state index in [1.54, 1.807) is 24.3 Å². The standard InChI is InChI=1S/C13H8BrClO2S/c14-8-1-6-12(11(7-8)13(16)17)18-10-4-2-9(15)3-5-10/h1-7H,(H,16,17). The second-order valence-electron chi connectivity index (χ2n) is 3.50. The van der Waals surface area contributed by atoms with Gasteiger partial charge in [-0.2, -0.15) is 0 Å². The third kappa shape index (κ3) is 3.28. The van der Waals surface area contributed by atoms with Gasteiger partial charge in [-0.15, -0.1) is 0 Å². The summed E-state index contributed by atoms with van der Waals surface area (Å²) in [6.45, 7) is 0. The highest BCUT2D eigenvalue weighted by Gasteiger charge is 2.11. The van der Waals surface area contributed by atoms with Crippen molar-refractivity contribution in [2.45, 2.75) is 9.79 Å². The van der Waals surface area contributed by atoms with Crippen LogP contribution < -0.4 is 0 Å². The van der Waals surface area contributed by atoms with Crippen LogP contribution in [-0.4, -0.2) is 11.1 Å². The zero-order chi connectivity index (χ0) is 13.1. The first-order valence-corrected chi connectivity index (χ1v) is 7.01. The maximum absolute atomic E-state index is 11.2. The fourth-order valence-corrected chi connectivity index (χ4v) is 2.79. The van der Waals surface area contributed by atoms with E-state index in [0.717, 1.165) is 9.37 Å². The van der Waals surface area contributed by atoms with Gasteiger partial charge in [0.15, 0.2) is 0 Å². The molecule has 0 saturated carbocycles. The van der Waals surface area contributed by atoms with Crippen molar-refractivity contribution in [3.63, 3.8) is 0 Å². The van der Waals surface area contributed by atoms with Gasteiger partial charge in [0.2, 0.25) is 0 Å². The normalized spacial score (nSPS) is 10.3. The minimum atomic E-state index is -0.937. The molecule has 0 aromatic heterocycles. The average Bonchev–Trinajstić information content (AvgIpc) is 2.34. The topological polar surface area (TPSA) is 37.3 Å². The van der Waals surface area contributed by atoms with Crippen molar-refractivity contribution in [2.24, 2.45) is 0 Å². The fourth-order valence-electron chi connectivity index (χ4n) is 1.39. The van der Waals surface area contributed by atoms with Crippen molar-refractivity contribution in [1.82, 2.24) is 0 Å².